The molecule has 2 heterocycles. The number of fused-ring (bicyclic) bond motifs is 1. The molecule has 0 unspecified atom stereocenters. The third kappa shape index (κ3) is 4.59. The van der Waals surface area contributed by atoms with Gasteiger partial charge in [0.15, 0.2) is 10.9 Å². The summed E-state index contributed by atoms with van der Waals surface area (Å²) in [6.07, 6.45) is 0. The number of aryl methyl sites for hydroxylation is 2. The van der Waals surface area contributed by atoms with E-state index in [4.69, 9.17) is 14.5 Å². The molecule has 0 bridgehead atoms. The van der Waals surface area contributed by atoms with Crippen molar-refractivity contribution in [3.8, 4) is 11.4 Å². The Balaban J connectivity index is 1.66. The third-order valence-corrected chi connectivity index (χ3v) is 6.34. The quantitative estimate of drug-likeness (QED) is 0.194. The van der Waals surface area contributed by atoms with Crippen LogP contribution in [0.2, 0.25) is 0 Å². The summed E-state index contributed by atoms with van der Waals surface area (Å²) in [5, 5.41) is 0.696. The number of hydrogen-bond acceptors (Lipinski definition) is 6. The predicted octanol–water partition coefficient (Wildman–Crippen LogP) is 5.52. The number of hydrogen-bond donors (Lipinski definition) is 1. The average Bonchev–Trinajstić information content (AvgIpc) is 3.34. The molecule has 34 heavy (non-hydrogen) atoms. The summed E-state index contributed by atoms with van der Waals surface area (Å²) in [7, 11) is 0. The van der Waals surface area contributed by atoms with Crippen molar-refractivity contribution in [3.63, 3.8) is 0 Å². The SMILES string of the molecule is CCOC(=O)c1c(C)[nH]c(C)c1C(=O)CSc1nc2ccccc2n1-c1ccc(OCC)cc1. The van der Waals surface area contributed by atoms with Crippen LogP contribution in [0.4, 0.5) is 0 Å². The molecule has 0 aliphatic carbocycles. The molecule has 4 rings (SSSR count). The molecular formula is C26H27N3O4S. The number of ketones is 1. The number of aromatic amines is 1. The lowest BCUT2D eigenvalue weighted by Gasteiger charge is -2.10. The maximum absolute atomic E-state index is 13.3. The smallest absolute Gasteiger partial charge is 0.340 e. The molecule has 0 aliphatic heterocycles. The number of H-pyrrole nitrogens is 1. The third-order valence-electron chi connectivity index (χ3n) is 5.40. The summed E-state index contributed by atoms with van der Waals surface area (Å²) < 4.78 is 12.8. The number of nitrogens with zero attached hydrogens (tertiary/aromatic N) is 2. The molecule has 2 aromatic carbocycles. The van der Waals surface area contributed by atoms with Crippen molar-refractivity contribution in [1.82, 2.24) is 14.5 Å². The van der Waals surface area contributed by atoms with E-state index >= 15 is 0 Å². The first-order valence-corrected chi connectivity index (χ1v) is 12.2. The summed E-state index contributed by atoms with van der Waals surface area (Å²) in [5.41, 5.74) is 4.69. The number of thioether (sulfide) groups is 1. The van der Waals surface area contributed by atoms with E-state index in [9.17, 15) is 9.59 Å². The molecule has 0 saturated heterocycles. The van der Waals surface area contributed by atoms with E-state index in [2.05, 4.69) is 4.98 Å². The minimum Gasteiger partial charge on any atom is -0.494 e. The highest BCUT2D eigenvalue weighted by Gasteiger charge is 2.26. The summed E-state index contributed by atoms with van der Waals surface area (Å²) in [4.78, 5) is 33.6. The number of para-hydroxylation sites is 2. The lowest BCUT2D eigenvalue weighted by molar-refractivity contribution is 0.0522. The number of ether oxygens (including phenoxy) is 2. The normalized spacial score (nSPS) is 11.1. The second-order valence-electron chi connectivity index (χ2n) is 7.70. The standard InChI is InChI=1S/C26H27N3O4S/c1-5-32-19-13-11-18(12-14-19)29-21-10-8-7-9-20(21)28-26(29)34-15-22(30)23-16(3)27-17(4)24(23)25(31)33-6-2/h7-14,27H,5-6,15H2,1-4H3. The van der Waals surface area contributed by atoms with Gasteiger partial charge in [-0.3, -0.25) is 9.36 Å². The fourth-order valence-electron chi connectivity index (χ4n) is 4.00. The van der Waals surface area contributed by atoms with Crippen LogP contribution in [0.25, 0.3) is 16.7 Å². The second-order valence-corrected chi connectivity index (χ2v) is 8.65. The van der Waals surface area contributed by atoms with Crippen molar-refractivity contribution in [1.29, 1.82) is 0 Å². The molecule has 0 spiro atoms. The van der Waals surface area contributed by atoms with E-state index in [1.807, 2.05) is 60.0 Å². The van der Waals surface area contributed by atoms with Crippen LogP contribution in [0.1, 0.15) is 46.0 Å². The highest BCUT2D eigenvalue weighted by atomic mass is 32.2. The molecule has 0 atom stereocenters. The first-order valence-electron chi connectivity index (χ1n) is 11.2. The van der Waals surface area contributed by atoms with Crippen LogP contribution in [0, 0.1) is 13.8 Å². The van der Waals surface area contributed by atoms with Crippen molar-refractivity contribution in [2.24, 2.45) is 0 Å². The van der Waals surface area contributed by atoms with Gasteiger partial charge in [-0.2, -0.15) is 0 Å². The molecule has 7 nitrogen and oxygen atoms in total. The summed E-state index contributed by atoms with van der Waals surface area (Å²) in [5.74, 6) is 0.287. The molecule has 0 radical (unpaired) electrons. The molecule has 0 saturated carbocycles. The monoisotopic (exact) mass is 477 g/mol. The van der Waals surface area contributed by atoms with Gasteiger partial charge in [0.1, 0.15) is 5.75 Å². The topological polar surface area (TPSA) is 86.2 Å². The number of nitrogens with one attached hydrogen (secondary N) is 1. The highest BCUT2D eigenvalue weighted by Crippen LogP contribution is 2.30. The maximum atomic E-state index is 13.3. The van der Waals surface area contributed by atoms with Gasteiger partial charge in [0, 0.05) is 17.1 Å². The Bertz CT molecular complexity index is 1340. The van der Waals surface area contributed by atoms with Crippen LogP contribution in [-0.4, -0.2) is 45.3 Å². The van der Waals surface area contributed by atoms with E-state index in [0.717, 1.165) is 22.5 Å². The first-order chi connectivity index (χ1) is 16.4. The lowest BCUT2D eigenvalue weighted by Crippen LogP contribution is -2.13. The molecule has 2 aromatic heterocycles. The van der Waals surface area contributed by atoms with Gasteiger partial charge in [-0.15, -0.1) is 0 Å². The van der Waals surface area contributed by atoms with Gasteiger partial charge in [0.2, 0.25) is 0 Å². The van der Waals surface area contributed by atoms with Crippen LogP contribution in [0.5, 0.6) is 5.75 Å². The zero-order chi connectivity index (χ0) is 24.2. The number of esters is 1. The zero-order valence-corrected chi connectivity index (χ0v) is 20.5. The minimum atomic E-state index is -0.487. The molecule has 8 heteroatoms. The molecule has 0 fully saturated rings. The van der Waals surface area contributed by atoms with Gasteiger partial charge in [-0.25, -0.2) is 9.78 Å². The molecular weight excluding hydrogens is 450 g/mol. The fourth-order valence-corrected chi connectivity index (χ4v) is 4.90. The maximum Gasteiger partial charge on any atom is 0.340 e. The van der Waals surface area contributed by atoms with Crippen LogP contribution in [0.15, 0.2) is 53.7 Å². The Hall–Kier alpha value is -3.52. The van der Waals surface area contributed by atoms with Gasteiger partial charge < -0.3 is 14.5 Å². The summed E-state index contributed by atoms with van der Waals surface area (Å²) >= 11 is 1.34. The zero-order valence-electron chi connectivity index (χ0n) is 19.7. The van der Waals surface area contributed by atoms with E-state index in [0.29, 0.717) is 34.3 Å². The summed E-state index contributed by atoms with van der Waals surface area (Å²) in [6, 6.07) is 15.7. The largest absolute Gasteiger partial charge is 0.494 e. The summed E-state index contributed by atoms with van der Waals surface area (Å²) in [6.45, 7) is 8.11. The van der Waals surface area contributed by atoms with Crippen molar-refractivity contribution in [2.75, 3.05) is 19.0 Å². The number of rotatable bonds is 9. The Labute approximate surface area is 202 Å². The van der Waals surface area contributed by atoms with E-state index in [1.54, 1.807) is 20.8 Å². The van der Waals surface area contributed by atoms with Crippen LogP contribution >= 0.6 is 11.8 Å². The molecule has 4 aromatic rings. The lowest BCUT2D eigenvalue weighted by atomic mass is 10.1. The van der Waals surface area contributed by atoms with E-state index in [-0.39, 0.29) is 18.1 Å². The molecule has 0 amide bonds. The number of Topliss-reactive ketones (excluding diaryl/α,β-unsaturated/α-hetero) is 1. The Morgan fingerprint density at radius 2 is 1.68 bits per heavy atom. The van der Waals surface area contributed by atoms with Gasteiger partial charge >= 0.3 is 5.97 Å². The first kappa shape index (κ1) is 23.6. The van der Waals surface area contributed by atoms with Gasteiger partial charge in [-0.1, -0.05) is 23.9 Å². The van der Waals surface area contributed by atoms with Crippen LogP contribution in [0.3, 0.4) is 0 Å². The number of aromatic nitrogens is 3. The van der Waals surface area contributed by atoms with E-state index < -0.39 is 5.97 Å². The molecule has 0 aliphatic rings. The van der Waals surface area contributed by atoms with E-state index in [1.165, 1.54) is 11.8 Å². The van der Waals surface area contributed by atoms with Crippen molar-refractivity contribution < 1.29 is 19.1 Å². The molecule has 176 valence electrons. The van der Waals surface area contributed by atoms with Crippen LogP contribution < -0.4 is 4.74 Å². The number of benzene rings is 2. The highest BCUT2D eigenvalue weighted by molar-refractivity contribution is 7.99. The molecule has 1 N–H and O–H groups in total. The Kier molecular flexibility index (Phi) is 7.07. The Morgan fingerprint density at radius 1 is 0.971 bits per heavy atom. The van der Waals surface area contributed by atoms with Gasteiger partial charge in [0.05, 0.1) is 41.1 Å². The van der Waals surface area contributed by atoms with Gasteiger partial charge in [-0.05, 0) is 64.1 Å². The number of imidazole rings is 1. The number of carbonyl (C=O) groups is 2. The second kappa shape index (κ2) is 10.2. The van der Waals surface area contributed by atoms with Crippen LogP contribution in [-0.2, 0) is 4.74 Å². The van der Waals surface area contributed by atoms with Crippen molar-refractivity contribution in [2.45, 2.75) is 32.9 Å². The average molecular weight is 478 g/mol. The number of carbonyl (C=O) groups excluding carboxylic acids is 2. The van der Waals surface area contributed by atoms with Crippen molar-refractivity contribution >= 4 is 34.5 Å². The fraction of sp³-hybridized carbons (Fsp3) is 0.269. The van der Waals surface area contributed by atoms with Gasteiger partial charge in [0.25, 0.3) is 0 Å². The van der Waals surface area contributed by atoms with Crippen molar-refractivity contribution in [3.05, 3.63) is 71.0 Å². The Morgan fingerprint density at radius 3 is 2.38 bits per heavy atom. The minimum absolute atomic E-state index is 0.130. The predicted molar refractivity (Wildman–Crippen MR) is 134 cm³/mol.